The van der Waals surface area contributed by atoms with Gasteiger partial charge < -0.3 is 5.11 Å². The number of rotatable bonds is 5. The molecular formula is C15H13FN2O2S2. The van der Waals surface area contributed by atoms with Crippen molar-refractivity contribution in [1.82, 2.24) is 9.55 Å². The van der Waals surface area contributed by atoms with Crippen LogP contribution in [-0.2, 0) is 12.3 Å². The molecule has 114 valence electrons. The Hall–Kier alpha value is -1.70. The molecule has 7 heteroatoms. The van der Waals surface area contributed by atoms with E-state index < -0.39 is 0 Å². The minimum atomic E-state index is -0.285. The molecule has 0 atom stereocenters. The van der Waals surface area contributed by atoms with Gasteiger partial charge in [-0.3, -0.25) is 9.36 Å². The van der Waals surface area contributed by atoms with E-state index in [1.807, 2.05) is 11.4 Å². The average molecular weight is 336 g/mol. The van der Waals surface area contributed by atoms with Gasteiger partial charge in [0.05, 0.1) is 18.7 Å². The highest BCUT2D eigenvalue weighted by molar-refractivity contribution is 7.98. The third kappa shape index (κ3) is 3.06. The maximum absolute atomic E-state index is 13.2. The highest BCUT2D eigenvalue weighted by atomic mass is 32.2. The molecule has 1 N–H and O–H groups in total. The van der Waals surface area contributed by atoms with Crippen molar-refractivity contribution < 1.29 is 9.50 Å². The molecule has 0 saturated heterocycles. The van der Waals surface area contributed by atoms with Gasteiger partial charge in [-0.05, 0) is 29.1 Å². The predicted octanol–water partition coefficient (Wildman–Crippen LogP) is 2.88. The fourth-order valence-corrected chi connectivity index (χ4v) is 3.85. The molecule has 0 aliphatic rings. The number of benzene rings is 1. The van der Waals surface area contributed by atoms with Crippen LogP contribution in [-0.4, -0.2) is 21.3 Å². The Morgan fingerprint density at radius 2 is 2.23 bits per heavy atom. The van der Waals surface area contributed by atoms with E-state index in [9.17, 15) is 9.18 Å². The average Bonchev–Trinajstić information content (AvgIpc) is 2.97. The first-order valence-electron chi connectivity index (χ1n) is 6.65. The van der Waals surface area contributed by atoms with E-state index in [2.05, 4.69) is 4.98 Å². The second-order valence-corrected chi connectivity index (χ2v) is 6.49. The molecule has 3 rings (SSSR count). The number of aromatic nitrogens is 2. The monoisotopic (exact) mass is 336 g/mol. The summed E-state index contributed by atoms with van der Waals surface area (Å²) < 4.78 is 15.3. The van der Waals surface area contributed by atoms with Gasteiger partial charge in [0.1, 0.15) is 10.5 Å². The maximum atomic E-state index is 13.2. The van der Waals surface area contributed by atoms with E-state index in [4.69, 9.17) is 5.11 Å². The Bertz CT molecular complexity index is 860. The molecule has 2 aromatic heterocycles. The molecule has 1 aromatic carbocycles. The van der Waals surface area contributed by atoms with Gasteiger partial charge in [-0.25, -0.2) is 9.37 Å². The van der Waals surface area contributed by atoms with Gasteiger partial charge in [0.15, 0.2) is 5.16 Å². The highest BCUT2D eigenvalue weighted by Gasteiger charge is 2.12. The maximum Gasteiger partial charge on any atom is 0.272 e. The Morgan fingerprint density at radius 1 is 1.36 bits per heavy atom. The summed E-state index contributed by atoms with van der Waals surface area (Å²) in [5.41, 5.74) is 1.34. The smallest absolute Gasteiger partial charge is 0.272 e. The molecule has 3 aromatic rings. The Labute approximate surface area is 134 Å². The topological polar surface area (TPSA) is 55.1 Å². The van der Waals surface area contributed by atoms with Crippen molar-refractivity contribution in [2.75, 3.05) is 6.61 Å². The summed E-state index contributed by atoms with van der Waals surface area (Å²) in [6.45, 7) is 0.0666. The van der Waals surface area contributed by atoms with Crippen LogP contribution in [0.1, 0.15) is 5.56 Å². The summed E-state index contributed by atoms with van der Waals surface area (Å²) in [6.07, 6.45) is 0. The van der Waals surface area contributed by atoms with Crippen molar-refractivity contribution >= 4 is 33.3 Å². The fraction of sp³-hybridized carbons (Fsp3) is 0.200. The zero-order valence-electron chi connectivity index (χ0n) is 11.5. The lowest BCUT2D eigenvalue weighted by Gasteiger charge is -2.10. The summed E-state index contributed by atoms with van der Waals surface area (Å²) in [5.74, 6) is 0.220. The normalized spacial score (nSPS) is 11.2. The van der Waals surface area contributed by atoms with Crippen molar-refractivity contribution in [3.63, 3.8) is 0 Å². The van der Waals surface area contributed by atoms with Crippen LogP contribution in [0.5, 0.6) is 0 Å². The molecule has 0 radical (unpaired) electrons. The fourth-order valence-electron chi connectivity index (χ4n) is 2.11. The summed E-state index contributed by atoms with van der Waals surface area (Å²) in [6, 6.07) is 8.14. The lowest BCUT2D eigenvalue weighted by atomic mass is 10.2. The van der Waals surface area contributed by atoms with Crippen molar-refractivity contribution in [3.8, 4) is 0 Å². The summed E-state index contributed by atoms with van der Waals surface area (Å²) in [7, 11) is 0. The van der Waals surface area contributed by atoms with E-state index in [0.717, 1.165) is 5.56 Å². The third-order valence-electron chi connectivity index (χ3n) is 3.11. The van der Waals surface area contributed by atoms with Crippen molar-refractivity contribution in [1.29, 1.82) is 0 Å². The molecule has 0 amide bonds. The first kappa shape index (κ1) is 15.2. The molecule has 0 spiro atoms. The van der Waals surface area contributed by atoms with Crippen LogP contribution >= 0.6 is 23.1 Å². The van der Waals surface area contributed by atoms with E-state index in [-0.39, 0.29) is 24.5 Å². The van der Waals surface area contributed by atoms with Gasteiger partial charge in [0, 0.05) is 5.75 Å². The van der Waals surface area contributed by atoms with Crippen LogP contribution in [0.15, 0.2) is 45.7 Å². The van der Waals surface area contributed by atoms with Crippen molar-refractivity contribution in [3.05, 3.63) is 57.4 Å². The van der Waals surface area contributed by atoms with E-state index in [1.165, 1.54) is 39.8 Å². The number of halogens is 1. The number of hydrogen-bond acceptors (Lipinski definition) is 5. The number of hydrogen-bond donors (Lipinski definition) is 1. The first-order valence-corrected chi connectivity index (χ1v) is 8.51. The third-order valence-corrected chi connectivity index (χ3v) is 5.05. The van der Waals surface area contributed by atoms with Crippen LogP contribution in [0.4, 0.5) is 4.39 Å². The van der Waals surface area contributed by atoms with E-state index >= 15 is 0 Å². The number of thiophene rings is 1. The van der Waals surface area contributed by atoms with Gasteiger partial charge in [-0.2, -0.15) is 0 Å². The number of nitrogens with zero attached hydrogens (tertiary/aromatic N) is 2. The zero-order chi connectivity index (χ0) is 15.5. The van der Waals surface area contributed by atoms with Crippen LogP contribution < -0.4 is 5.56 Å². The van der Waals surface area contributed by atoms with Crippen molar-refractivity contribution in [2.45, 2.75) is 17.5 Å². The number of aliphatic hydroxyl groups is 1. The molecule has 0 bridgehead atoms. The quantitative estimate of drug-likeness (QED) is 0.575. The predicted molar refractivity (Wildman–Crippen MR) is 86.9 cm³/mol. The summed E-state index contributed by atoms with van der Waals surface area (Å²) >= 11 is 2.70. The van der Waals surface area contributed by atoms with Crippen LogP contribution in [0.2, 0.25) is 0 Å². The second kappa shape index (κ2) is 6.60. The Kier molecular flexibility index (Phi) is 4.56. The molecule has 22 heavy (non-hydrogen) atoms. The second-order valence-electron chi connectivity index (χ2n) is 4.63. The first-order chi connectivity index (χ1) is 10.7. The van der Waals surface area contributed by atoms with Gasteiger partial charge in [-0.1, -0.05) is 23.9 Å². The molecule has 0 aliphatic carbocycles. The molecule has 2 heterocycles. The van der Waals surface area contributed by atoms with E-state index in [0.29, 0.717) is 21.1 Å². The van der Waals surface area contributed by atoms with Gasteiger partial charge in [0.25, 0.3) is 5.56 Å². The zero-order valence-corrected chi connectivity index (χ0v) is 13.2. The Morgan fingerprint density at radius 3 is 3.00 bits per heavy atom. The number of aliphatic hydroxyl groups excluding tert-OH is 1. The van der Waals surface area contributed by atoms with Crippen LogP contribution in [0, 0.1) is 5.82 Å². The van der Waals surface area contributed by atoms with Crippen LogP contribution in [0.3, 0.4) is 0 Å². The molecule has 0 fully saturated rings. The standard InChI is InChI=1S/C15H13FN2O2S2/c16-11-3-1-2-10(8-11)9-22-15-17-12-4-7-21-13(12)14(20)18(15)5-6-19/h1-4,7-8,19H,5-6,9H2. The minimum Gasteiger partial charge on any atom is -0.395 e. The van der Waals surface area contributed by atoms with Gasteiger partial charge >= 0.3 is 0 Å². The van der Waals surface area contributed by atoms with Crippen LogP contribution in [0.25, 0.3) is 10.2 Å². The lowest BCUT2D eigenvalue weighted by molar-refractivity contribution is 0.268. The summed E-state index contributed by atoms with van der Waals surface area (Å²) in [5, 5.41) is 11.5. The molecular weight excluding hydrogens is 323 g/mol. The molecule has 0 saturated carbocycles. The lowest BCUT2D eigenvalue weighted by Crippen LogP contribution is -2.24. The largest absolute Gasteiger partial charge is 0.395 e. The Balaban J connectivity index is 1.94. The minimum absolute atomic E-state index is 0.133. The molecule has 0 aliphatic heterocycles. The SMILES string of the molecule is O=c1c2sccc2nc(SCc2cccc(F)c2)n1CCO. The molecule has 0 unspecified atom stereocenters. The van der Waals surface area contributed by atoms with Crippen molar-refractivity contribution in [2.24, 2.45) is 0 Å². The summed E-state index contributed by atoms with van der Waals surface area (Å²) in [4.78, 5) is 16.9. The number of thioether (sulfide) groups is 1. The number of fused-ring (bicyclic) bond motifs is 1. The molecule has 4 nitrogen and oxygen atoms in total. The highest BCUT2D eigenvalue weighted by Crippen LogP contribution is 2.24. The van der Waals surface area contributed by atoms with E-state index in [1.54, 1.807) is 12.1 Å². The van der Waals surface area contributed by atoms with Gasteiger partial charge in [0.2, 0.25) is 0 Å². The van der Waals surface area contributed by atoms with Gasteiger partial charge in [-0.15, -0.1) is 11.3 Å².